The Hall–Kier alpha value is -7.63. The number of hydrogen-bond donors (Lipinski definition) is 0. The standard InChI is InChI=1S/C51H33N5/c1-4-13-35(14-5-1)43-32-46(36-15-6-2-7-16-36)54-50-42(43)28-26-39-27-29-44(53-49(39)50)38-24-22-34(23-25-38)40-19-12-20-41(31-40)51-55-47(37-17-8-3-9-18-37)33-48(56-51)45-21-10-11-30-52-45/h1-33H. The van der Waals surface area contributed by atoms with Crippen molar-refractivity contribution in [3.05, 3.63) is 200 Å². The third-order valence-electron chi connectivity index (χ3n) is 10.2. The predicted octanol–water partition coefficient (Wildman–Crippen LogP) is 12.6. The van der Waals surface area contributed by atoms with Crippen molar-refractivity contribution in [2.24, 2.45) is 0 Å². The molecule has 0 amide bonds. The number of aromatic nitrogens is 5. The summed E-state index contributed by atoms with van der Waals surface area (Å²) in [6.45, 7) is 0. The molecule has 6 aromatic carbocycles. The maximum Gasteiger partial charge on any atom is 0.160 e. The van der Waals surface area contributed by atoms with Crippen molar-refractivity contribution in [1.29, 1.82) is 0 Å². The van der Waals surface area contributed by atoms with Crippen LogP contribution in [0.15, 0.2) is 200 Å². The molecule has 0 unspecified atom stereocenters. The summed E-state index contributed by atoms with van der Waals surface area (Å²) >= 11 is 0. The number of hydrogen-bond acceptors (Lipinski definition) is 5. The zero-order chi connectivity index (χ0) is 37.3. The van der Waals surface area contributed by atoms with Gasteiger partial charge in [0.25, 0.3) is 0 Å². The van der Waals surface area contributed by atoms with Gasteiger partial charge in [-0.25, -0.2) is 19.9 Å². The summed E-state index contributed by atoms with van der Waals surface area (Å²) in [6, 6.07) is 66.7. The fourth-order valence-corrected chi connectivity index (χ4v) is 7.30. The second-order valence-electron chi connectivity index (χ2n) is 13.7. The lowest BCUT2D eigenvalue weighted by atomic mass is 9.96. The molecule has 0 aliphatic rings. The van der Waals surface area contributed by atoms with Crippen molar-refractivity contribution in [1.82, 2.24) is 24.9 Å². The fourth-order valence-electron chi connectivity index (χ4n) is 7.30. The average Bonchev–Trinajstić information content (AvgIpc) is 3.29. The van der Waals surface area contributed by atoms with Crippen LogP contribution in [0.4, 0.5) is 0 Å². The third-order valence-corrected chi connectivity index (χ3v) is 10.2. The molecule has 0 saturated carbocycles. The van der Waals surface area contributed by atoms with Gasteiger partial charge < -0.3 is 0 Å². The minimum Gasteiger partial charge on any atom is -0.255 e. The van der Waals surface area contributed by atoms with Crippen LogP contribution in [0.5, 0.6) is 0 Å². The topological polar surface area (TPSA) is 64.5 Å². The monoisotopic (exact) mass is 715 g/mol. The van der Waals surface area contributed by atoms with Crippen LogP contribution in [0.3, 0.4) is 0 Å². The van der Waals surface area contributed by atoms with Gasteiger partial charge in [0.05, 0.1) is 39.5 Å². The van der Waals surface area contributed by atoms with Gasteiger partial charge in [-0.05, 0) is 58.7 Å². The largest absolute Gasteiger partial charge is 0.255 e. The second kappa shape index (κ2) is 14.3. The Morgan fingerprint density at radius 1 is 0.286 bits per heavy atom. The van der Waals surface area contributed by atoms with E-state index in [-0.39, 0.29) is 0 Å². The molecule has 0 radical (unpaired) electrons. The first-order chi connectivity index (χ1) is 27.7. The lowest BCUT2D eigenvalue weighted by Gasteiger charge is -2.13. The molecule has 0 aliphatic carbocycles. The fraction of sp³-hybridized carbons (Fsp3) is 0. The van der Waals surface area contributed by atoms with Crippen molar-refractivity contribution in [3.63, 3.8) is 0 Å². The molecular weight excluding hydrogens is 683 g/mol. The summed E-state index contributed by atoms with van der Waals surface area (Å²) in [6.07, 6.45) is 1.79. The van der Waals surface area contributed by atoms with Crippen LogP contribution < -0.4 is 0 Å². The van der Waals surface area contributed by atoms with Crippen molar-refractivity contribution >= 4 is 21.8 Å². The van der Waals surface area contributed by atoms with E-state index < -0.39 is 0 Å². The Morgan fingerprint density at radius 3 is 1.57 bits per heavy atom. The first-order valence-electron chi connectivity index (χ1n) is 18.7. The maximum absolute atomic E-state index is 5.28. The Balaban J connectivity index is 1.02. The summed E-state index contributed by atoms with van der Waals surface area (Å²) in [7, 11) is 0. The predicted molar refractivity (Wildman–Crippen MR) is 228 cm³/mol. The summed E-state index contributed by atoms with van der Waals surface area (Å²) in [5.74, 6) is 0.650. The Morgan fingerprint density at radius 2 is 0.857 bits per heavy atom. The van der Waals surface area contributed by atoms with Gasteiger partial charge in [0, 0.05) is 39.2 Å². The zero-order valence-corrected chi connectivity index (χ0v) is 30.3. The van der Waals surface area contributed by atoms with E-state index in [1.54, 1.807) is 6.20 Å². The Labute approximate surface area is 324 Å². The van der Waals surface area contributed by atoms with Gasteiger partial charge in [-0.2, -0.15) is 0 Å². The third kappa shape index (κ3) is 6.37. The molecule has 0 atom stereocenters. The number of rotatable bonds is 7. The summed E-state index contributed by atoms with van der Waals surface area (Å²) < 4.78 is 0. The van der Waals surface area contributed by atoms with Crippen LogP contribution >= 0.6 is 0 Å². The van der Waals surface area contributed by atoms with Gasteiger partial charge in [-0.3, -0.25) is 4.98 Å². The molecule has 4 heterocycles. The SMILES string of the molecule is c1ccc(-c2cc(-c3ccccn3)nc(-c3cccc(-c4ccc(-c5ccc6ccc7c(-c8ccccc8)cc(-c8ccccc8)nc7c6n5)cc4)c3)n2)cc1. The number of pyridine rings is 3. The Bertz CT molecular complexity index is 2930. The van der Waals surface area contributed by atoms with Gasteiger partial charge in [0.2, 0.25) is 0 Å². The molecule has 5 nitrogen and oxygen atoms in total. The highest BCUT2D eigenvalue weighted by Gasteiger charge is 2.15. The van der Waals surface area contributed by atoms with Crippen molar-refractivity contribution in [2.45, 2.75) is 0 Å². The minimum absolute atomic E-state index is 0.650. The molecule has 0 fully saturated rings. The van der Waals surface area contributed by atoms with E-state index in [0.29, 0.717) is 5.82 Å². The van der Waals surface area contributed by atoms with Crippen molar-refractivity contribution < 1.29 is 0 Å². The quantitative estimate of drug-likeness (QED) is 0.154. The molecule has 10 rings (SSSR count). The van der Waals surface area contributed by atoms with Gasteiger partial charge in [-0.15, -0.1) is 0 Å². The lowest BCUT2D eigenvalue weighted by molar-refractivity contribution is 1.16. The highest BCUT2D eigenvalue weighted by Crippen LogP contribution is 2.36. The van der Waals surface area contributed by atoms with Crippen LogP contribution in [0, 0.1) is 0 Å². The van der Waals surface area contributed by atoms with E-state index in [4.69, 9.17) is 19.9 Å². The number of benzene rings is 6. The van der Waals surface area contributed by atoms with Gasteiger partial charge in [0.15, 0.2) is 5.82 Å². The summed E-state index contributed by atoms with van der Waals surface area (Å²) in [5, 5.41) is 2.13. The van der Waals surface area contributed by atoms with E-state index >= 15 is 0 Å². The molecule has 56 heavy (non-hydrogen) atoms. The molecule has 5 heteroatoms. The van der Waals surface area contributed by atoms with Crippen molar-refractivity contribution in [2.75, 3.05) is 0 Å². The molecule has 4 aromatic heterocycles. The molecule has 0 aliphatic heterocycles. The molecule has 10 aromatic rings. The highest BCUT2D eigenvalue weighted by molar-refractivity contribution is 6.09. The number of nitrogens with zero attached hydrogens (tertiary/aromatic N) is 5. The number of fused-ring (bicyclic) bond motifs is 3. The van der Waals surface area contributed by atoms with Gasteiger partial charge >= 0.3 is 0 Å². The normalized spacial score (nSPS) is 11.2. The zero-order valence-electron chi connectivity index (χ0n) is 30.3. The molecule has 0 bridgehead atoms. The van der Waals surface area contributed by atoms with Gasteiger partial charge in [0.1, 0.15) is 0 Å². The van der Waals surface area contributed by atoms with Crippen LogP contribution in [0.2, 0.25) is 0 Å². The Kier molecular flexibility index (Phi) is 8.43. The highest BCUT2D eigenvalue weighted by atomic mass is 14.9. The van der Waals surface area contributed by atoms with E-state index in [0.717, 1.165) is 94.8 Å². The van der Waals surface area contributed by atoms with Crippen LogP contribution in [0.1, 0.15) is 0 Å². The maximum atomic E-state index is 5.28. The lowest BCUT2D eigenvalue weighted by Crippen LogP contribution is -1.97. The molecule has 0 saturated heterocycles. The average molecular weight is 716 g/mol. The van der Waals surface area contributed by atoms with Crippen LogP contribution in [-0.4, -0.2) is 24.9 Å². The van der Waals surface area contributed by atoms with E-state index in [1.165, 1.54) is 0 Å². The molecular formula is C51H33N5. The van der Waals surface area contributed by atoms with E-state index in [2.05, 4.69) is 151 Å². The second-order valence-corrected chi connectivity index (χ2v) is 13.7. The first-order valence-corrected chi connectivity index (χ1v) is 18.7. The van der Waals surface area contributed by atoms with Gasteiger partial charge in [-0.1, -0.05) is 158 Å². The molecule has 0 spiro atoms. The molecule has 0 N–H and O–H groups in total. The van der Waals surface area contributed by atoms with Crippen LogP contribution in [0.25, 0.3) is 101 Å². The van der Waals surface area contributed by atoms with Crippen molar-refractivity contribution in [3.8, 4) is 78.8 Å². The smallest absolute Gasteiger partial charge is 0.160 e. The van der Waals surface area contributed by atoms with Crippen LogP contribution in [-0.2, 0) is 0 Å². The van der Waals surface area contributed by atoms with E-state index in [1.807, 2.05) is 48.5 Å². The first kappa shape index (κ1) is 33.0. The summed E-state index contributed by atoms with van der Waals surface area (Å²) in [5.41, 5.74) is 14.5. The minimum atomic E-state index is 0.650. The summed E-state index contributed by atoms with van der Waals surface area (Å²) in [4.78, 5) is 25.1. The van der Waals surface area contributed by atoms with E-state index in [9.17, 15) is 0 Å². The molecule has 262 valence electrons.